The summed E-state index contributed by atoms with van der Waals surface area (Å²) < 4.78 is 0. The van der Waals surface area contributed by atoms with Crippen LogP contribution < -0.4 is 11.1 Å². The van der Waals surface area contributed by atoms with Gasteiger partial charge in [0, 0.05) is 5.69 Å². The molecule has 2 rings (SSSR count). The van der Waals surface area contributed by atoms with E-state index in [1.54, 1.807) is 0 Å². The van der Waals surface area contributed by atoms with Gasteiger partial charge in [0.15, 0.2) is 0 Å². The molecule has 0 radical (unpaired) electrons. The SMILES string of the molecule is Cc1ccc(NC(C(N)=O)c2cccc(C)c2)cc1. The minimum Gasteiger partial charge on any atom is -0.370 e. The van der Waals surface area contributed by atoms with Crippen molar-refractivity contribution in [1.82, 2.24) is 0 Å². The second-order valence-corrected chi connectivity index (χ2v) is 4.76. The molecule has 3 nitrogen and oxygen atoms in total. The summed E-state index contributed by atoms with van der Waals surface area (Å²) in [5.74, 6) is -0.383. The maximum Gasteiger partial charge on any atom is 0.244 e. The molecule has 1 atom stereocenters. The molecule has 1 unspecified atom stereocenters. The lowest BCUT2D eigenvalue weighted by molar-refractivity contribution is -0.118. The normalized spacial score (nSPS) is 11.9. The summed E-state index contributed by atoms with van der Waals surface area (Å²) >= 11 is 0. The van der Waals surface area contributed by atoms with Crippen LogP contribution in [0.5, 0.6) is 0 Å². The molecular formula is C16H18N2O. The number of aryl methyl sites for hydroxylation is 2. The first-order valence-corrected chi connectivity index (χ1v) is 6.25. The Kier molecular flexibility index (Phi) is 3.85. The number of anilines is 1. The highest BCUT2D eigenvalue weighted by Crippen LogP contribution is 2.20. The number of primary amides is 1. The van der Waals surface area contributed by atoms with E-state index in [0.717, 1.165) is 16.8 Å². The summed E-state index contributed by atoms with van der Waals surface area (Å²) in [7, 11) is 0. The van der Waals surface area contributed by atoms with Crippen LogP contribution in [0.1, 0.15) is 22.7 Å². The minimum absolute atomic E-state index is 0.383. The van der Waals surface area contributed by atoms with E-state index in [1.807, 2.05) is 62.4 Å². The van der Waals surface area contributed by atoms with Crippen molar-refractivity contribution >= 4 is 11.6 Å². The number of nitrogens with two attached hydrogens (primary N) is 1. The van der Waals surface area contributed by atoms with Gasteiger partial charge in [0.2, 0.25) is 5.91 Å². The van der Waals surface area contributed by atoms with Gasteiger partial charge in [-0.3, -0.25) is 4.79 Å². The third kappa shape index (κ3) is 3.35. The fourth-order valence-electron chi connectivity index (χ4n) is 1.98. The van der Waals surface area contributed by atoms with Crippen molar-refractivity contribution in [3.8, 4) is 0 Å². The Labute approximate surface area is 113 Å². The Bertz CT molecular complexity index is 576. The monoisotopic (exact) mass is 254 g/mol. The van der Waals surface area contributed by atoms with Crippen molar-refractivity contribution in [2.24, 2.45) is 5.73 Å². The Hall–Kier alpha value is -2.29. The number of benzene rings is 2. The second kappa shape index (κ2) is 5.57. The lowest BCUT2D eigenvalue weighted by Crippen LogP contribution is -2.27. The molecule has 3 heteroatoms. The van der Waals surface area contributed by atoms with Crippen LogP contribution in [0.4, 0.5) is 5.69 Å². The van der Waals surface area contributed by atoms with Gasteiger partial charge in [0.25, 0.3) is 0 Å². The molecule has 0 spiro atoms. The van der Waals surface area contributed by atoms with Crippen LogP contribution >= 0.6 is 0 Å². The van der Waals surface area contributed by atoms with Crippen LogP contribution in [0.3, 0.4) is 0 Å². The van der Waals surface area contributed by atoms with E-state index in [2.05, 4.69) is 5.32 Å². The fraction of sp³-hybridized carbons (Fsp3) is 0.188. The molecular weight excluding hydrogens is 236 g/mol. The second-order valence-electron chi connectivity index (χ2n) is 4.76. The van der Waals surface area contributed by atoms with Gasteiger partial charge in [-0.1, -0.05) is 47.5 Å². The average molecular weight is 254 g/mol. The smallest absolute Gasteiger partial charge is 0.244 e. The highest BCUT2D eigenvalue weighted by Gasteiger charge is 2.17. The van der Waals surface area contributed by atoms with Crippen LogP contribution in [-0.2, 0) is 4.79 Å². The number of carbonyl (C=O) groups is 1. The Morgan fingerprint density at radius 3 is 2.32 bits per heavy atom. The zero-order chi connectivity index (χ0) is 13.8. The molecule has 2 aromatic carbocycles. The predicted octanol–water partition coefficient (Wildman–Crippen LogP) is 2.94. The third-order valence-corrected chi connectivity index (χ3v) is 3.02. The lowest BCUT2D eigenvalue weighted by atomic mass is 10.0. The summed E-state index contributed by atoms with van der Waals surface area (Å²) in [6.07, 6.45) is 0. The molecule has 0 aromatic heterocycles. The largest absolute Gasteiger partial charge is 0.370 e. The van der Waals surface area contributed by atoms with Crippen molar-refractivity contribution in [2.75, 3.05) is 5.32 Å². The minimum atomic E-state index is -0.511. The van der Waals surface area contributed by atoms with Gasteiger partial charge in [-0.15, -0.1) is 0 Å². The van der Waals surface area contributed by atoms with E-state index in [-0.39, 0.29) is 5.91 Å². The molecule has 3 N–H and O–H groups in total. The van der Waals surface area contributed by atoms with E-state index in [9.17, 15) is 4.79 Å². The standard InChI is InChI=1S/C16H18N2O/c1-11-6-8-14(9-7-11)18-15(16(17)19)13-5-3-4-12(2)10-13/h3-10,15,18H,1-2H3,(H2,17,19). The highest BCUT2D eigenvalue weighted by atomic mass is 16.1. The first-order chi connectivity index (χ1) is 9.06. The topological polar surface area (TPSA) is 55.1 Å². The van der Waals surface area contributed by atoms with Crippen LogP contribution in [0.15, 0.2) is 48.5 Å². The lowest BCUT2D eigenvalue weighted by Gasteiger charge is -2.17. The third-order valence-electron chi connectivity index (χ3n) is 3.02. The molecule has 19 heavy (non-hydrogen) atoms. The molecule has 0 bridgehead atoms. The maximum atomic E-state index is 11.6. The van der Waals surface area contributed by atoms with Crippen LogP contribution in [0, 0.1) is 13.8 Å². The Morgan fingerprint density at radius 2 is 1.74 bits per heavy atom. The summed E-state index contributed by atoms with van der Waals surface area (Å²) in [4.78, 5) is 11.6. The van der Waals surface area contributed by atoms with E-state index in [0.29, 0.717) is 0 Å². The molecule has 0 aliphatic rings. The van der Waals surface area contributed by atoms with Crippen LogP contribution in [0.2, 0.25) is 0 Å². The molecule has 0 saturated carbocycles. The van der Waals surface area contributed by atoms with Crippen molar-refractivity contribution < 1.29 is 4.79 Å². The van der Waals surface area contributed by atoms with Crippen molar-refractivity contribution in [1.29, 1.82) is 0 Å². The van der Waals surface area contributed by atoms with Gasteiger partial charge in [0.05, 0.1) is 0 Å². The van der Waals surface area contributed by atoms with Crippen molar-refractivity contribution in [2.45, 2.75) is 19.9 Å². The van der Waals surface area contributed by atoms with Crippen LogP contribution in [-0.4, -0.2) is 5.91 Å². The number of carbonyl (C=O) groups excluding carboxylic acids is 1. The summed E-state index contributed by atoms with van der Waals surface area (Å²) in [5, 5.41) is 3.17. The fourth-order valence-corrected chi connectivity index (χ4v) is 1.98. The van der Waals surface area contributed by atoms with Gasteiger partial charge in [-0.25, -0.2) is 0 Å². The first-order valence-electron chi connectivity index (χ1n) is 6.25. The highest BCUT2D eigenvalue weighted by molar-refractivity contribution is 5.84. The molecule has 98 valence electrons. The van der Waals surface area contributed by atoms with Crippen LogP contribution in [0.25, 0.3) is 0 Å². The quantitative estimate of drug-likeness (QED) is 0.881. The van der Waals surface area contributed by atoms with Gasteiger partial charge >= 0.3 is 0 Å². The van der Waals surface area contributed by atoms with Crippen molar-refractivity contribution in [3.05, 3.63) is 65.2 Å². The van der Waals surface area contributed by atoms with Gasteiger partial charge in [-0.2, -0.15) is 0 Å². The number of rotatable bonds is 4. The Morgan fingerprint density at radius 1 is 1.05 bits per heavy atom. The molecule has 0 heterocycles. The maximum absolute atomic E-state index is 11.6. The molecule has 0 aliphatic heterocycles. The zero-order valence-corrected chi connectivity index (χ0v) is 11.2. The number of nitrogens with one attached hydrogen (secondary N) is 1. The van der Waals surface area contributed by atoms with Gasteiger partial charge in [0.1, 0.15) is 6.04 Å². The summed E-state index contributed by atoms with van der Waals surface area (Å²) in [6.45, 7) is 4.02. The predicted molar refractivity (Wildman–Crippen MR) is 77.9 cm³/mol. The zero-order valence-electron chi connectivity index (χ0n) is 11.2. The molecule has 1 amide bonds. The van der Waals surface area contributed by atoms with E-state index < -0.39 is 6.04 Å². The molecule has 0 saturated heterocycles. The number of amides is 1. The molecule has 0 fully saturated rings. The molecule has 2 aromatic rings. The van der Waals surface area contributed by atoms with Gasteiger partial charge < -0.3 is 11.1 Å². The van der Waals surface area contributed by atoms with E-state index in [4.69, 9.17) is 5.73 Å². The number of hydrogen-bond donors (Lipinski definition) is 2. The summed E-state index contributed by atoms with van der Waals surface area (Å²) in [5.41, 5.74) is 9.55. The summed E-state index contributed by atoms with van der Waals surface area (Å²) in [6, 6.07) is 15.2. The first kappa shape index (κ1) is 13.1. The van der Waals surface area contributed by atoms with E-state index >= 15 is 0 Å². The van der Waals surface area contributed by atoms with E-state index in [1.165, 1.54) is 5.56 Å². The average Bonchev–Trinajstić information content (AvgIpc) is 2.37. The molecule has 0 aliphatic carbocycles. The van der Waals surface area contributed by atoms with Crippen molar-refractivity contribution in [3.63, 3.8) is 0 Å². The Balaban J connectivity index is 2.26. The number of hydrogen-bond acceptors (Lipinski definition) is 2. The van der Waals surface area contributed by atoms with Gasteiger partial charge in [-0.05, 0) is 31.5 Å².